The van der Waals surface area contributed by atoms with Gasteiger partial charge in [0, 0.05) is 70.0 Å². The molecule has 1 aliphatic heterocycles. The molecule has 94 heavy (non-hydrogen) atoms. The molecule has 492 valence electrons. The van der Waals surface area contributed by atoms with Gasteiger partial charge in [0.05, 0.1) is 57.6 Å². The number of hydrogen-bond donors (Lipinski definition) is 7. The molecule has 0 aliphatic carbocycles. The third-order valence-electron chi connectivity index (χ3n) is 12.5. The van der Waals surface area contributed by atoms with Gasteiger partial charge in [0.1, 0.15) is 17.1 Å². The molecule has 0 spiro atoms. The first kappa shape index (κ1) is 77.4. The molecule has 1 aliphatic rings. The Balaban J connectivity index is 0.000000212. The van der Waals surface area contributed by atoms with E-state index in [0.29, 0.717) is 77.3 Å². The number of nitrogens with two attached hydrogens (primary N) is 5. The Bertz CT molecular complexity index is 4280. The highest BCUT2D eigenvalue weighted by molar-refractivity contribution is 14.1. The maximum absolute atomic E-state index is 13.9. The van der Waals surface area contributed by atoms with Crippen LogP contribution >= 0.6 is 127 Å². The van der Waals surface area contributed by atoms with Crippen molar-refractivity contribution in [1.82, 2.24) is 0 Å². The molecule has 17 nitrogen and oxygen atoms in total. The van der Waals surface area contributed by atoms with Crippen molar-refractivity contribution in [1.29, 1.82) is 0 Å². The number of anilines is 5. The van der Waals surface area contributed by atoms with E-state index in [-0.39, 0.29) is 50.4 Å². The summed E-state index contributed by atoms with van der Waals surface area (Å²) < 4.78 is 92.0. The number of fused-ring (bicyclic) bond motifs is 1. The van der Waals surface area contributed by atoms with E-state index >= 15 is 0 Å². The number of aliphatic imine (C=N–C) groups is 1. The largest absolute Gasteiger partial charge is 0.488 e. The normalized spacial score (nSPS) is 11.4. The Hall–Kier alpha value is -7.32. The summed E-state index contributed by atoms with van der Waals surface area (Å²) in [4.78, 5) is 33.1. The molecular weight excluding hydrogens is 1550 g/mol. The number of nitrogens with zero attached hydrogens (tertiary/aromatic N) is 4. The van der Waals surface area contributed by atoms with Crippen LogP contribution in [0.3, 0.4) is 0 Å². The number of hydrogen-bond acceptors (Lipinski definition) is 14. The van der Waals surface area contributed by atoms with Crippen LogP contribution < -0.4 is 34.1 Å². The maximum Gasteiger partial charge on any atom is 0.488 e. The predicted octanol–water partition coefficient (Wildman–Crippen LogP) is 19.4. The Morgan fingerprint density at radius 2 is 0.787 bits per heavy atom. The quantitative estimate of drug-likeness (QED) is 0.0177. The summed E-state index contributed by atoms with van der Waals surface area (Å²) in [7, 11) is -1.41. The zero-order chi connectivity index (χ0) is 70.5. The van der Waals surface area contributed by atoms with Crippen molar-refractivity contribution in [2.24, 2.45) is 4.99 Å². The molecule has 1 heterocycles. The molecule has 0 bridgehead atoms. The average molecular weight is 1590 g/mol. The van der Waals surface area contributed by atoms with Crippen LogP contribution in [0.2, 0.25) is 45.2 Å². The highest BCUT2D eigenvalue weighted by Gasteiger charge is 2.75. The lowest BCUT2D eigenvalue weighted by atomic mass is 9.81. The molecule has 0 aromatic heterocycles. The molecule has 0 saturated carbocycles. The summed E-state index contributed by atoms with van der Waals surface area (Å²) in [5.41, 5.74) is 31.3. The standard InChI is InChI=1S/C17H8Cl2F7N.C12H8Cl2N2O2.C12H10Cl2N2.C6H6BClO2.C6H4ClIN2O2.C6H5ClN2O2/c18-10-3-1-8(2-4-10)11-5-9-6-14(27-13(9)7-12(11)19)15(20,21)16(22,23)17(24,25)26;13-8-3-1-7(2-4-8)9-5-12(16(17)18)11(15)6-10(9)14;13-8-3-1-7(2-4-8)9-5-11(15)12(16)6-10(9)14;8-6-3-1-5(2-4-6)7(9)10;7-3-1-5(9)6(10(11)12)2-4(3)8;7-4-1-2-6(9(10)11)5(8)3-4/h1-5,7H,6H2;1-6H,15H2;1-6H,15-16H2;1-4,9-10H;1-2H,9H2;1-3H,8H2. The number of alkyl halides is 7. The first-order valence-electron chi connectivity index (χ1n) is 25.5. The first-order valence-corrected chi connectivity index (χ1v) is 30.0. The summed E-state index contributed by atoms with van der Waals surface area (Å²) in [5, 5.41) is 52.8. The van der Waals surface area contributed by atoms with E-state index in [9.17, 15) is 61.1 Å². The van der Waals surface area contributed by atoms with Crippen molar-refractivity contribution in [3.8, 4) is 33.4 Å². The fourth-order valence-electron chi connectivity index (χ4n) is 7.69. The second-order valence-electron chi connectivity index (χ2n) is 18.9. The first-order chi connectivity index (χ1) is 43.7. The Labute approximate surface area is 587 Å². The summed E-state index contributed by atoms with van der Waals surface area (Å²) in [6, 6.07) is 42.3. The molecule has 0 fully saturated rings. The Kier molecular flexibility index (Phi) is 27.5. The van der Waals surface area contributed by atoms with Gasteiger partial charge in [0.25, 0.3) is 17.1 Å². The Morgan fingerprint density at radius 1 is 0.436 bits per heavy atom. The average Bonchev–Trinajstić information content (AvgIpc) is 1.51. The van der Waals surface area contributed by atoms with Gasteiger partial charge in [0.15, 0.2) is 0 Å². The fraction of sp³-hybridized carbons (Fsp3) is 0.0678. The molecule has 0 radical (unpaired) electrons. The van der Waals surface area contributed by atoms with Gasteiger partial charge in [-0.15, -0.1) is 0 Å². The highest BCUT2D eigenvalue weighted by atomic mass is 127. The molecule has 0 unspecified atom stereocenters. The topological polar surface area (TPSA) is 312 Å². The summed E-state index contributed by atoms with van der Waals surface area (Å²) >= 11 is 54.3. The van der Waals surface area contributed by atoms with Crippen LogP contribution in [0.1, 0.15) is 5.56 Å². The Morgan fingerprint density at radius 3 is 1.20 bits per heavy atom. The van der Waals surface area contributed by atoms with E-state index in [2.05, 4.69) is 4.99 Å². The van der Waals surface area contributed by atoms with Crippen molar-refractivity contribution < 1.29 is 55.6 Å². The fourth-order valence-corrected chi connectivity index (χ4v) is 9.82. The third kappa shape index (κ3) is 20.6. The zero-order valence-corrected chi connectivity index (χ0v) is 55.8. The monoisotopic (exact) mass is 1590 g/mol. The van der Waals surface area contributed by atoms with Crippen LogP contribution in [0.5, 0.6) is 0 Å². The minimum Gasteiger partial charge on any atom is -0.423 e. The number of halogens is 17. The van der Waals surface area contributed by atoms with Gasteiger partial charge < -0.3 is 38.7 Å². The lowest BCUT2D eigenvalue weighted by Crippen LogP contribution is -2.56. The van der Waals surface area contributed by atoms with Crippen LogP contribution in [0.15, 0.2) is 169 Å². The number of nitro groups is 3. The van der Waals surface area contributed by atoms with E-state index in [1.54, 1.807) is 97.1 Å². The van der Waals surface area contributed by atoms with Crippen LogP contribution in [-0.4, -0.2) is 55.7 Å². The predicted molar refractivity (Wildman–Crippen MR) is 371 cm³/mol. The van der Waals surface area contributed by atoms with Gasteiger partial charge in [-0.3, -0.25) is 35.3 Å². The van der Waals surface area contributed by atoms with Gasteiger partial charge in [-0.2, -0.15) is 30.7 Å². The van der Waals surface area contributed by atoms with Gasteiger partial charge in [-0.1, -0.05) is 153 Å². The van der Waals surface area contributed by atoms with E-state index in [0.717, 1.165) is 22.8 Å². The van der Waals surface area contributed by atoms with E-state index in [4.69, 9.17) is 143 Å². The van der Waals surface area contributed by atoms with Crippen LogP contribution in [-0.2, 0) is 6.42 Å². The van der Waals surface area contributed by atoms with Gasteiger partial charge >= 0.3 is 25.1 Å². The highest BCUT2D eigenvalue weighted by Crippen LogP contribution is 2.50. The second kappa shape index (κ2) is 33.4. The number of benzene rings is 9. The van der Waals surface area contributed by atoms with Crippen LogP contribution in [0.25, 0.3) is 33.4 Å². The van der Waals surface area contributed by atoms with Crippen molar-refractivity contribution in [3.63, 3.8) is 0 Å². The number of nitrogen functional groups attached to an aromatic ring is 5. The maximum atomic E-state index is 13.9. The minimum atomic E-state index is -6.42. The zero-order valence-electron chi connectivity index (χ0n) is 46.8. The lowest BCUT2D eigenvalue weighted by Gasteiger charge is -2.28. The molecule has 9 aromatic carbocycles. The molecule has 35 heteroatoms. The van der Waals surface area contributed by atoms with Crippen LogP contribution in [0, 0.1) is 33.9 Å². The number of rotatable bonds is 9. The van der Waals surface area contributed by atoms with Crippen LogP contribution in [0.4, 0.5) is 81.9 Å². The molecule has 0 saturated heterocycles. The molecule has 9 aromatic rings. The molecule has 0 amide bonds. The van der Waals surface area contributed by atoms with Crippen molar-refractivity contribution in [2.45, 2.75) is 24.4 Å². The van der Waals surface area contributed by atoms with Crippen molar-refractivity contribution >= 4 is 196 Å². The summed E-state index contributed by atoms with van der Waals surface area (Å²) in [6.45, 7) is 0. The van der Waals surface area contributed by atoms with Gasteiger partial charge in [-0.05, 0) is 147 Å². The van der Waals surface area contributed by atoms with Crippen molar-refractivity contribution in [2.75, 3.05) is 28.7 Å². The minimum absolute atomic E-state index is 0.0442. The van der Waals surface area contributed by atoms with Crippen molar-refractivity contribution in [3.05, 3.63) is 248 Å². The molecule has 10 rings (SSSR count). The molecule has 0 atom stereocenters. The van der Waals surface area contributed by atoms with E-state index in [1.165, 1.54) is 48.5 Å². The third-order valence-corrected chi connectivity index (χ3v) is 16.2. The number of nitro benzene ring substituents is 3. The summed E-state index contributed by atoms with van der Waals surface area (Å²) in [5.74, 6) is -11.7. The summed E-state index contributed by atoms with van der Waals surface area (Å²) in [6.07, 6.45) is -7.27. The SMILES string of the molecule is FC(F)(F)C(F)(F)C(F)(F)C1=Nc2cc(Cl)c(-c3ccc(Cl)cc3)cc2C1.Nc1cc(Cl)c(-c2ccc(Cl)cc2)cc1N.Nc1cc(Cl)c(-c2ccc(Cl)cc2)cc1[N+](=O)[O-].Nc1cc(Cl)c(I)cc1[N+](=O)[O-].Nc1cc(Cl)ccc1[N+](=O)[O-].OB(O)c1ccc(Cl)cc1. The van der Waals surface area contributed by atoms with Gasteiger partial charge in [0.2, 0.25) is 0 Å². The lowest BCUT2D eigenvalue weighted by molar-refractivity contribution is -0.384. The molecule has 12 N–H and O–H groups in total. The van der Waals surface area contributed by atoms with E-state index < -0.39 is 52.0 Å². The van der Waals surface area contributed by atoms with Gasteiger partial charge in [-0.25, -0.2) is 0 Å². The smallest absolute Gasteiger partial charge is 0.423 e. The second-order valence-corrected chi connectivity index (χ2v) is 23.9. The molecular formula is C59H41BCl9F7IN9O8. The van der Waals surface area contributed by atoms with E-state index in [1.807, 2.05) is 34.7 Å².